The number of rotatable bonds is 11. The van der Waals surface area contributed by atoms with Gasteiger partial charge in [-0.3, -0.25) is 44.3 Å². The Kier molecular flexibility index (Phi) is 15.5. The lowest BCUT2D eigenvalue weighted by Gasteiger charge is -2.44. The molecule has 448 valence electrons. The fourth-order valence-corrected chi connectivity index (χ4v) is 15.9. The van der Waals surface area contributed by atoms with E-state index in [0.717, 1.165) is 70.4 Å². The number of fused-ring (bicyclic) bond motifs is 7. The van der Waals surface area contributed by atoms with E-state index in [9.17, 15) is 9.59 Å². The molecule has 22 heteroatoms. The minimum atomic E-state index is -4.61. The standard InChI is InChI=1S/C61H80F3N11O7S/c1-36(80-4)50-43(25-40(28-65-50)71-21-20-70-22-23-81-30-41(70)29-71)54-44-27-59(2,3)35-82-58(79)45-10-7-17-75(69-45)56(77)46(26-49-66-47(31-83-49)39-13-14-48(42(44)24-39)74(54)34-61(62,63)64)67-55(76)53(38-8-5-6-9-38)72-18-15-60(32-72)16-19-73(33-60)57(78)52-51(68-52)37-11-12-37/h13-14,24-25,28,31,36-38,41,45-46,51-53,68-69H,5-12,15-23,26-27,29-30,32-35H2,1-4H3,(H,67,76)/t36-,41-,45-,46-,51?,52+,53?,60-/m0/s1. The number of pyridine rings is 1. The number of morpholine rings is 1. The lowest BCUT2D eigenvalue weighted by molar-refractivity contribution is -0.155. The Balaban J connectivity index is 0.847. The summed E-state index contributed by atoms with van der Waals surface area (Å²) in [5.74, 6) is -0.188. The highest BCUT2D eigenvalue weighted by Gasteiger charge is 2.55. The van der Waals surface area contributed by atoms with Crippen LogP contribution >= 0.6 is 11.3 Å². The zero-order chi connectivity index (χ0) is 57.5. The highest BCUT2D eigenvalue weighted by molar-refractivity contribution is 7.10. The summed E-state index contributed by atoms with van der Waals surface area (Å²) in [5.41, 5.74) is 6.73. The summed E-state index contributed by atoms with van der Waals surface area (Å²) in [6.07, 6.45) is 5.83. The van der Waals surface area contributed by atoms with Crippen LogP contribution in [-0.2, 0) is 52.8 Å². The Bertz CT molecular complexity index is 3130. The third-order valence-electron chi connectivity index (χ3n) is 19.8. The summed E-state index contributed by atoms with van der Waals surface area (Å²) in [5, 5.41) is 11.3. The topological polar surface area (TPSA) is 189 Å². The van der Waals surface area contributed by atoms with Crippen molar-refractivity contribution in [1.82, 2.24) is 50.3 Å². The van der Waals surface area contributed by atoms with E-state index in [1.165, 1.54) is 33.8 Å². The van der Waals surface area contributed by atoms with E-state index < -0.39 is 48.3 Å². The van der Waals surface area contributed by atoms with Crippen molar-refractivity contribution in [1.29, 1.82) is 0 Å². The maximum Gasteiger partial charge on any atom is 0.406 e. The first-order chi connectivity index (χ1) is 39.9. The number of likely N-dealkylation sites (tertiary alicyclic amines) is 2. The number of alkyl halides is 3. The second-order valence-electron chi connectivity index (χ2n) is 26.4. The molecule has 6 bridgehead atoms. The summed E-state index contributed by atoms with van der Waals surface area (Å²) in [7, 11) is 1.57. The predicted molar refractivity (Wildman–Crippen MR) is 307 cm³/mol. The van der Waals surface area contributed by atoms with Crippen LogP contribution in [0, 0.1) is 22.7 Å². The van der Waals surface area contributed by atoms with Gasteiger partial charge in [-0.15, -0.1) is 11.3 Å². The van der Waals surface area contributed by atoms with Gasteiger partial charge < -0.3 is 33.9 Å². The fourth-order valence-electron chi connectivity index (χ4n) is 15.1. The van der Waals surface area contributed by atoms with Gasteiger partial charge in [0.25, 0.3) is 5.91 Å². The van der Waals surface area contributed by atoms with E-state index in [0.29, 0.717) is 120 Å². The molecule has 6 saturated heterocycles. The number of aromatic nitrogens is 3. The van der Waals surface area contributed by atoms with Crippen LogP contribution in [0.4, 0.5) is 18.9 Å². The zero-order valence-electron chi connectivity index (χ0n) is 48.3. The Morgan fingerprint density at radius 2 is 1.81 bits per heavy atom. The number of hydrogen-bond acceptors (Lipinski definition) is 15. The molecule has 3 amide bonds. The van der Waals surface area contributed by atoms with Gasteiger partial charge in [0.2, 0.25) is 11.8 Å². The molecule has 0 radical (unpaired) electrons. The Morgan fingerprint density at radius 1 is 0.988 bits per heavy atom. The van der Waals surface area contributed by atoms with Crippen LogP contribution in [0.15, 0.2) is 35.8 Å². The molecule has 8 fully saturated rings. The van der Waals surface area contributed by atoms with Crippen molar-refractivity contribution in [3.8, 4) is 22.5 Å². The van der Waals surface area contributed by atoms with E-state index in [1.54, 1.807) is 25.4 Å². The predicted octanol–water partition coefficient (Wildman–Crippen LogP) is 6.50. The highest BCUT2D eigenvalue weighted by atomic mass is 32.1. The van der Waals surface area contributed by atoms with Gasteiger partial charge in [-0.25, -0.2) is 10.4 Å². The van der Waals surface area contributed by atoms with Crippen LogP contribution in [0.3, 0.4) is 0 Å². The molecule has 9 aliphatic rings. The summed E-state index contributed by atoms with van der Waals surface area (Å²) >= 11 is 1.36. The summed E-state index contributed by atoms with van der Waals surface area (Å²) in [6.45, 7) is 11.9. The van der Waals surface area contributed by atoms with Gasteiger partial charge in [-0.05, 0) is 107 Å². The first-order valence-corrected chi connectivity index (χ1v) is 31.4. The number of hydrogen-bond donors (Lipinski definition) is 3. The number of carbonyl (C=O) groups is 4. The van der Waals surface area contributed by atoms with E-state index >= 15 is 22.8 Å². The lowest BCUT2D eigenvalue weighted by Crippen LogP contribution is -2.62. The number of esters is 1. The normalized spacial score (nSPS) is 29.0. The number of anilines is 1. The molecule has 4 aromatic rings. The number of thiazole rings is 1. The number of nitrogens with zero attached hydrogens (tertiary/aromatic N) is 8. The molecule has 2 unspecified atom stereocenters. The summed E-state index contributed by atoms with van der Waals surface area (Å²) < 4.78 is 65.1. The molecule has 13 rings (SSSR count). The smallest absolute Gasteiger partial charge is 0.406 e. The minimum absolute atomic E-state index is 0.0656. The molecule has 3 N–H and O–H groups in total. The molecule has 10 heterocycles. The van der Waals surface area contributed by atoms with Gasteiger partial charge in [0.05, 0.1) is 72.0 Å². The molecular formula is C61H80F3N11O7S. The maximum atomic E-state index is 15.2. The average Bonchev–Trinajstić information content (AvgIpc) is 2.99. The Labute approximate surface area is 487 Å². The van der Waals surface area contributed by atoms with Crippen LogP contribution in [-0.4, -0.2) is 186 Å². The van der Waals surface area contributed by atoms with Crippen molar-refractivity contribution in [2.24, 2.45) is 22.7 Å². The lowest BCUT2D eigenvalue weighted by atomic mass is 9.84. The number of ether oxygens (including phenoxy) is 3. The zero-order valence-corrected chi connectivity index (χ0v) is 49.1. The number of nitrogens with one attached hydrogen (secondary N) is 3. The SMILES string of the molecule is CO[C@@H](C)c1ncc(N2CCN3CCOC[C@@H]3C2)cc1-c1c2c3cc(ccc3n1CC(F)(F)F)-c1csc(n1)C[C@H](NC(=O)C(C1CCCC1)N1CC[C@]3(CCN(C(=O)[C@@H]4NC4C4CC4)C3)C1)C(=O)N1CCC[C@H](N1)C(=O)OCC(C)(C)C2. The molecule has 83 heavy (non-hydrogen) atoms. The molecule has 1 aromatic carbocycles. The first-order valence-electron chi connectivity index (χ1n) is 30.5. The van der Waals surface area contributed by atoms with Crippen molar-refractivity contribution < 1.29 is 46.6 Å². The molecular weight excluding hydrogens is 1090 g/mol. The number of carbonyl (C=O) groups excluding carboxylic acids is 4. The quantitative estimate of drug-likeness (QED) is 0.109. The number of halogens is 3. The van der Waals surface area contributed by atoms with Gasteiger partial charge in [0, 0.05) is 110 Å². The van der Waals surface area contributed by atoms with Gasteiger partial charge in [-0.2, -0.15) is 13.2 Å². The molecule has 18 nitrogen and oxygen atoms in total. The molecule has 8 atom stereocenters. The summed E-state index contributed by atoms with van der Waals surface area (Å²) in [6, 6.07) is 5.46. The van der Waals surface area contributed by atoms with Gasteiger partial charge in [0.15, 0.2) is 0 Å². The molecule has 7 aliphatic heterocycles. The Morgan fingerprint density at radius 3 is 2.60 bits per heavy atom. The van der Waals surface area contributed by atoms with Crippen LogP contribution < -0.4 is 21.0 Å². The van der Waals surface area contributed by atoms with E-state index in [2.05, 4.69) is 35.7 Å². The molecule has 2 aliphatic carbocycles. The van der Waals surface area contributed by atoms with Crippen LogP contribution in [0.2, 0.25) is 0 Å². The fraction of sp³-hybridized carbons (Fsp3) is 0.672. The van der Waals surface area contributed by atoms with Gasteiger partial charge >= 0.3 is 12.1 Å². The van der Waals surface area contributed by atoms with Crippen molar-refractivity contribution in [3.05, 3.63) is 52.1 Å². The van der Waals surface area contributed by atoms with Gasteiger partial charge in [-0.1, -0.05) is 32.8 Å². The van der Waals surface area contributed by atoms with E-state index in [4.69, 9.17) is 24.2 Å². The van der Waals surface area contributed by atoms with E-state index in [-0.39, 0.29) is 60.6 Å². The van der Waals surface area contributed by atoms with Crippen LogP contribution in [0.25, 0.3) is 33.4 Å². The van der Waals surface area contributed by atoms with E-state index in [1.807, 2.05) is 38.3 Å². The molecule has 3 aromatic heterocycles. The second kappa shape index (κ2) is 22.6. The third kappa shape index (κ3) is 11.7. The van der Waals surface area contributed by atoms with Crippen LogP contribution in [0.1, 0.15) is 107 Å². The van der Waals surface area contributed by atoms with Crippen molar-refractivity contribution in [3.63, 3.8) is 0 Å². The number of piperazine rings is 1. The third-order valence-corrected chi connectivity index (χ3v) is 20.7. The second-order valence-corrected chi connectivity index (χ2v) is 27.3. The van der Waals surface area contributed by atoms with Crippen LogP contribution in [0.5, 0.6) is 0 Å². The number of cyclic esters (lactones) is 1. The number of hydrazine groups is 1. The van der Waals surface area contributed by atoms with Crippen molar-refractivity contribution >= 4 is 51.6 Å². The molecule has 1 spiro atoms. The highest BCUT2D eigenvalue weighted by Crippen LogP contribution is 2.47. The number of methoxy groups -OCH3 is 1. The summed E-state index contributed by atoms with van der Waals surface area (Å²) in [4.78, 5) is 77.4. The number of amides is 3. The Hall–Kier alpha value is -5.23. The van der Waals surface area contributed by atoms with Crippen molar-refractivity contribution in [2.75, 3.05) is 90.7 Å². The largest absolute Gasteiger partial charge is 0.464 e. The minimum Gasteiger partial charge on any atom is -0.464 e. The first kappa shape index (κ1) is 56.9. The monoisotopic (exact) mass is 1170 g/mol. The van der Waals surface area contributed by atoms with Crippen molar-refractivity contribution in [2.45, 2.75) is 153 Å². The average molecular weight is 1170 g/mol. The van der Waals surface area contributed by atoms with Gasteiger partial charge in [0.1, 0.15) is 24.7 Å². The number of benzene rings is 1. The molecule has 2 saturated carbocycles. The maximum absolute atomic E-state index is 15.2.